The molecule has 2 rings (SSSR count). The van der Waals surface area contributed by atoms with Crippen LogP contribution >= 0.6 is 11.3 Å². The smallest absolute Gasteiger partial charge is 0.123 e. The number of aliphatic hydroxyl groups is 1. The Balaban J connectivity index is 2.13. The van der Waals surface area contributed by atoms with Crippen molar-refractivity contribution in [3.63, 3.8) is 0 Å². The summed E-state index contributed by atoms with van der Waals surface area (Å²) in [6.07, 6.45) is 0.771. The maximum absolute atomic E-state index is 8.84. The van der Waals surface area contributed by atoms with Crippen molar-refractivity contribution in [2.24, 2.45) is 0 Å². The molecule has 0 saturated carbocycles. The van der Waals surface area contributed by atoms with E-state index in [0.29, 0.717) is 0 Å². The summed E-state index contributed by atoms with van der Waals surface area (Å²) in [7, 11) is 1.67. The van der Waals surface area contributed by atoms with Gasteiger partial charge in [0.05, 0.1) is 12.8 Å². The van der Waals surface area contributed by atoms with E-state index in [1.165, 1.54) is 4.88 Å². The number of aryl methyl sites for hydroxylation is 1. The molecule has 0 spiro atoms. The van der Waals surface area contributed by atoms with Crippen LogP contribution in [-0.2, 0) is 0 Å². The highest BCUT2D eigenvalue weighted by Crippen LogP contribution is 2.32. The van der Waals surface area contributed by atoms with Gasteiger partial charge in [0.15, 0.2) is 0 Å². The van der Waals surface area contributed by atoms with Crippen molar-refractivity contribution in [2.45, 2.75) is 26.3 Å². The van der Waals surface area contributed by atoms with Crippen LogP contribution in [0.5, 0.6) is 5.75 Å². The van der Waals surface area contributed by atoms with Gasteiger partial charge in [-0.1, -0.05) is 0 Å². The molecule has 0 radical (unpaired) electrons. The molecule has 1 unspecified atom stereocenters. The summed E-state index contributed by atoms with van der Waals surface area (Å²) in [6, 6.07) is 8.22. The quantitative estimate of drug-likeness (QED) is 0.772. The first-order valence-electron chi connectivity index (χ1n) is 7.11. The lowest BCUT2D eigenvalue weighted by atomic mass is 10.2. The SMILES string of the molecule is COc1ccc(-c2nc(C)c(C(C)NCCCO)s2)cc1. The van der Waals surface area contributed by atoms with E-state index < -0.39 is 0 Å². The maximum Gasteiger partial charge on any atom is 0.123 e. The third-order valence-electron chi connectivity index (χ3n) is 3.35. The first-order chi connectivity index (χ1) is 10.2. The zero-order chi connectivity index (χ0) is 15.2. The van der Waals surface area contributed by atoms with E-state index >= 15 is 0 Å². The van der Waals surface area contributed by atoms with Crippen LogP contribution in [0.4, 0.5) is 0 Å². The Hall–Kier alpha value is -1.43. The summed E-state index contributed by atoms with van der Waals surface area (Å²) in [5, 5.41) is 13.3. The van der Waals surface area contributed by atoms with Crippen LogP contribution in [0, 0.1) is 6.92 Å². The molecule has 114 valence electrons. The Bertz CT molecular complexity index is 566. The van der Waals surface area contributed by atoms with Gasteiger partial charge in [-0.2, -0.15) is 0 Å². The van der Waals surface area contributed by atoms with Gasteiger partial charge in [-0.05, 0) is 51.1 Å². The molecule has 0 saturated heterocycles. The van der Waals surface area contributed by atoms with Gasteiger partial charge in [-0.3, -0.25) is 0 Å². The van der Waals surface area contributed by atoms with Crippen molar-refractivity contribution in [3.05, 3.63) is 34.8 Å². The van der Waals surface area contributed by atoms with E-state index in [9.17, 15) is 0 Å². The van der Waals surface area contributed by atoms with Gasteiger partial charge in [-0.25, -0.2) is 4.98 Å². The summed E-state index contributed by atoms with van der Waals surface area (Å²) in [4.78, 5) is 5.92. The van der Waals surface area contributed by atoms with Crippen molar-refractivity contribution in [1.82, 2.24) is 10.3 Å². The minimum atomic E-state index is 0.221. The lowest BCUT2D eigenvalue weighted by molar-refractivity contribution is 0.284. The molecule has 0 fully saturated rings. The maximum atomic E-state index is 8.84. The number of nitrogens with zero attached hydrogens (tertiary/aromatic N) is 1. The Labute approximate surface area is 129 Å². The fourth-order valence-corrected chi connectivity index (χ4v) is 3.26. The molecule has 1 heterocycles. The number of hydrogen-bond donors (Lipinski definition) is 2. The van der Waals surface area contributed by atoms with Gasteiger partial charge in [-0.15, -0.1) is 11.3 Å². The van der Waals surface area contributed by atoms with Crippen molar-refractivity contribution >= 4 is 11.3 Å². The minimum Gasteiger partial charge on any atom is -0.497 e. The van der Waals surface area contributed by atoms with Gasteiger partial charge in [0, 0.05) is 23.1 Å². The molecular formula is C16H22N2O2S. The molecule has 0 aliphatic rings. The highest BCUT2D eigenvalue weighted by atomic mass is 32.1. The summed E-state index contributed by atoms with van der Waals surface area (Å²) in [6.45, 7) is 5.21. The number of benzene rings is 1. The average Bonchev–Trinajstić information content (AvgIpc) is 2.89. The Morgan fingerprint density at radius 1 is 1.33 bits per heavy atom. The van der Waals surface area contributed by atoms with E-state index in [2.05, 4.69) is 17.2 Å². The van der Waals surface area contributed by atoms with Crippen LogP contribution in [0.2, 0.25) is 0 Å². The van der Waals surface area contributed by atoms with E-state index in [1.54, 1.807) is 18.4 Å². The van der Waals surface area contributed by atoms with Gasteiger partial charge in [0.25, 0.3) is 0 Å². The lowest BCUT2D eigenvalue weighted by Gasteiger charge is -2.11. The van der Waals surface area contributed by atoms with E-state index in [0.717, 1.165) is 35.0 Å². The summed E-state index contributed by atoms with van der Waals surface area (Å²) in [5.74, 6) is 0.853. The topological polar surface area (TPSA) is 54.4 Å². The van der Waals surface area contributed by atoms with Crippen LogP contribution in [0.15, 0.2) is 24.3 Å². The average molecular weight is 306 g/mol. The van der Waals surface area contributed by atoms with Gasteiger partial charge in [0.1, 0.15) is 10.8 Å². The molecule has 4 nitrogen and oxygen atoms in total. The van der Waals surface area contributed by atoms with E-state index in [4.69, 9.17) is 9.84 Å². The van der Waals surface area contributed by atoms with Crippen molar-refractivity contribution in [3.8, 4) is 16.3 Å². The van der Waals surface area contributed by atoms with Gasteiger partial charge >= 0.3 is 0 Å². The number of hydrogen-bond acceptors (Lipinski definition) is 5. The summed E-state index contributed by atoms with van der Waals surface area (Å²) >= 11 is 1.72. The van der Waals surface area contributed by atoms with Crippen molar-refractivity contribution in [1.29, 1.82) is 0 Å². The molecule has 2 aromatic rings. The third-order valence-corrected chi connectivity index (χ3v) is 4.74. The predicted molar refractivity (Wildman–Crippen MR) is 87.0 cm³/mol. The number of aliphatic hydroxyl groups excluding tert-OH is 1. The molecule has 21 heavy (non-hydrogen) atoms. The summed E-state index contributed by atoms with van der Waals surface area (Å²) < 4.78 is 5.18. The van der Waals surface area contributed by atoms with Crippen LogP contribution in [0.25, 0.3) is 10.6 Å². The zero-order valence-electron chi connectivity index (χ0n) is 12.7. The molecule has 0 aliphatic heterocycles. The molecule has 0 amide bonds. The fraction of sp³-hybridized carbons (Fsp3) is 0.438. The number of thiazole rings is 1. The highest BCUT2D eigenvalue weighted by Gasteiger charge is 2.14. The standard InChI is InChI=1S/C16H22N2O2S/c1-11(17-9-4-10-19)15-12(2)18-16(21-15)13-5-7-14(20-3)8-6-13/h5-8,11,17,19H,4,9-10H2,1-3H3. The van der Waals surface area contributed by atoms with Crippen molar-refractivity contribution in [2.75, 3.05) is 20.3 Å². The molecule has 1 aromatic carbocycles. The van der Waals surface area contributed by atoms with E-state index in [-0.39, 0.29) is 12.6 Å². The Morgan fingerprint density at radius 3 is 2.67 bits per heavy atom. The van der Waals surface area contributed by atoms with Crippen LogP contribution in [0.3, 0.4) is 0 Å². The number of ether oxygens (including phenoxy) is 1. The number of methoxy groups -OCH3 is 1. The second-order valence-corrected chi connectivity index (χ2v) is 5.98. The lowest BCUT2D eigenvalue weighted by Crippen LogP contribution is -2.20. The molecule has 1 atom stereocenters. The number of nitrogens with one attached hydrogen (secondary N) is 1. The van der Waals surface area contributed by atoms with Gasteiger partial charge in [0.2, 0.25) is 0 Å². The molecular weight excluding hydrogens is 284 g/mol. The first kappa shape index (κ1) is 15.9. The molecule has 0 bridgehead atoms. The Kier molecular flexibility index (Phi) is 5.73. The van der Waals surface area contributed by atoms with Crippen molar-refractivity contribution < 1.29 is 9.84 Å². The molecule has 5 heteroatoms. The third kappa shape index (κ3) is 4.03. The molecule has 2 N–H and O–H groups in total. The highest BCUT2D eigenvalue weighted by molar-refractivity contribution is 7.15. The summed E-state index contributed by atoms with van der Waals surface area (Å²) in [5.41, 5.74) is 2.17. The first-order valence-corrected chi connectivity index (χ1v) is 7.93. The second-order valence-electron chi connectivity index (χ2n) is 4.95. The second kappa shape index (κ2) is 7.54. The van der Waals surface area contributed by atoms with Gasteiger partial charge < -0.3 is 15.2 Å². The molecule has 1 aromatic heterocycles. The normalized spacial score (nSPS) is 12.4. The van der Waals surface area contributed by atoms with Crippen LogP contribution in [-0.4, -0.2) is 30.4 Å². The monoisotopic (exact) mass is 306 g/mol. The predicted octanol–water partition coefficient (Wildman–Crippen LogP) is 3.16. The van der Waals surface area contributed by atoms with Crippen LogP contribution < -0.4 is 10.1 Å². The fourth-order valence-electron chi connectivity index (χ4n) is 2.16. The zero-order valence-corrected chi connectivity index (χ0v) is 13.5. The number of rotatable bonds is 7. The van der Waals surface area contributed by atoms with Crippen LogP contribution in [0.1, 0.15) is 30.0 Å². The Morgan fingerprint density at radius 2 is 2.05 bits per heavy atom. The van der Waals surface area contributed by atoms with E-state index in [1.807, 2.05) is 31.2 Å². The minimum absolute atomic E-state index is 0.221. The number of aromatic nitrogens is 1. The molecule has 0 aliphatic carbocycles. The largest absolute Gasteiger partial charge is 0.497 e.